The van der Waals surface area contributed by atoms with Crippen LogP contribution in [0.15, 0.2) is 0 Å². The van der Waals surface area contributed by atoms with Gasteiger partial charge in [0.15, 0.2) is 0 Å². The molecule has 2 nitrogen and oxygen atoms in total. The maximum atomic E-state index is 11.6. The Morgan fingerprint density at radius 2 is 2.06 bits per heavy atom. The monoisotopic (exact) mass is 286 g/mol. The summed E-state index contributed by atoms with van der Waals surface area (Å²) in [6.45, 7) is 2.31. The SMILES string of the molecule is C[C@]12C[C@@H]3C[C@](CBr)(C1)C[C@@](C(=O)O)(C3)C2. The molecule has 0 aromatic carbocycles. The molecule has 0 aromatic rings. The van der Waals surface area contributed by atoms with Crippen LogP contribution in [0, 0.1) is 22.2 Å². The van der Waals surface area contributed by atoms with Gasteiger partial charge in [-0.2, -0.15) is 0 Å². The van der Waals surface area contributed by atoms with Crippen LogP contribution in [0.5, 0.6) is 0 Å². The minimum Gasteiger partial charge on any atom is -0.481 e. The number of carbonyl (C=O) groups is 1. The molecule has 3 heteroatoms. The molecule has 4 atom stereocenters. The van der Waals surface area contributed by atoms with Gasteiger partial charge in [-0.3, -0.25) is 4.79 Å². The largest absolute Gasteiger partial charge is 0.481 e. The van der Waals surface area contributed by atoms with Crippen LogP contribution in [0.1, 0.15) is 45.4 Å². The molecule has 4 aliphatic carbocycles. The maximum absolute atomic E-state index is 11.6. The first-order valence-electron chi connectivity index (χ1n) is 6.21. The average molecular weight is 287 g/mol. The lowest BCUT2D eigenvalue weighted by molar-refractivity contribution is -0.184. The van der Waals surface area contributed by atoms with E-state index < -0.39 is 5.97 Å². The molecule has 0 unspecified atom stereocenters. The predicted molar refractivity (Wildman–Crippen MR) is 65.6 cm³/mol. The number of hydrogen-bond donors (Lipinski definition) is 1. The molecule has 4 fully saturated rings. The van der Waals surface area contributed by atoms with Crippen LogP contribution in [-0.2, 0) is 4.79 Å². The summed E-state index contributed by atoms with van der Waals surface area (Å²) in [5.74, 6) is 0.128. The first kappa shape index (κ1) is 11.1. The number of alkyl halides is 1. The summed E-state index contributed by atoms with van der Waals surface area (Å²) < 4.78 is 0. The molecular formula is C13H19BrO2. The van der Waals surface area contributed by atoms with Crippen molar-refractivity contribution in [3.63, 3.8) is 0 Å². The minimum atomic E-state index is -0.534. The normalized spacial score (nSPS) is 54.2. The highest BCUT2D eigenvalue weighted by Crippen LogP contribution is 2.69. The van der Waals surface area contributed by atoms with E-state index in [4.69, 9.17) is 0 Å². The fourth-order valence-corrected chi connectivity index (χ4v) is 6.15. The Morgan fingerprint density at radius 3 is 2.62 bits per heavy atom. The zero-order chi connectivity index (χ0) is 11.6. The second-order valence-corrected chi connectivity index (χ2v) is 7.60. The van der Waals surface area contributed by atoms with Gasteiger partial charge in [0, 0.05) is 5.33 Å². The Hall–Kier alpha value is -0.0500. The van der Waals surface area contributed by atoms with Gasteiger partial charge in [-0.05, 0) is 55.3 Å². The van der Waals surface area contributed by atoms with Crippen LogP contribution in [0.3, 0.4) is 0 Å². The van der Waals surface area contributed by atoms with Gasteiger partial charge in [0.2, 0.25) is 0 Å². The third-order valence-electron chi connectivity index (χ3n) is 5.20. The molecular weight excluding hydrogens is 268 g/mol. The van der Waals surface area contributed by atoms with Crippen molar-refractivity contribution in [1.29, 1.82) is 0 Å². The van der Waals surface area contributed by atoms with E-state index >= 15 is 0 Å². The molecule has 4 aliphatic rings. The lowest BCUT2D eigenvalue weighted by atomic mass is 9.40. The Morgan fingerprint density at radius 1 is 1.31 bits per heavy atom. The summed E-state index contributed by atoms with van der Waals surface area (Å²) in [7, 11) is 0. The minimum absolute atomic E-state index is 0.284. The van der Waals surface area contributed by atoms with Crippen LogP contribution >= 0.6 is 15.9 Å². The van der Waals surface area contributed by atoms with Crippen LogP contribution in [0.4, 0.5) is 0 Å². The molecule has 16 heavy (non-hydrogen) atoms. The second-order valence-electron chi connectivity index (χ2n) is 7.04. The van der Waals surface area contributed by atoms with Crippen LogP contribution in [0.25, 0.3) is 0 Å². The Bertz CT molecular complexity index is 356. The second kappa shape index (κ2) is 3.04. The van der Waals surface area contributed by atoms with E-state index in [2.05, 4.69) is 22.9 Å². The van der Waals surface area contributed by atoms with Gasteiger partial charge < -0.3 is 5.11 Å². The lowest BCUT2D eigenvalue weighted by Gasteiger charge is -2.64. The maximum Gasteiger partial charge on any atom is 0.309 e. The van der Waals surface area contributed by atoms with Gasteiger partial charge in [0.1, 0.15) is 0 Å². The summed E-state index contributed by atoms with van der Waals surface area (Å²) >= 11 is 3.64. The van der Waals surface area contributed by atoms with Gasteiger partial charge in [0.25, 0.3) is 0 Å². The first-order chi connectivity index (χ1) is 7.41. The van der Waals surface area contributed by atoms with E-state index in [1.807, 2.05) is 0 Å². The van der Waals surface area contributed by atoms with Crippen molar-refractivity contribution in [1.82, 2.24) is 0 Å². The van der Waals surface area contributed by atoms with Gasteiger partial charge in [-0.25, -0.2) is 0 Å². The summed E-state index contributed by atoms with van der Waals surface area (Å²) in [6, 6.07) is 0. The van der Waals surface area contributed by atoms with Crippen molar-refractivity contribution in [2.24, 2.45) is 22.2 Å². The smallest absolute Gasteiger partial charge is 0.309 e. The highest BCUT2D eigenvalue weighted by atomic mass is 79.9. The molecule has 0 radical (unpaired) electrons. The zero-order valence-corrected chi connectivity index (χ0v) is 11.3. The Balaban J connectivity index is 2.04. The molecule has 0 amide bonds. The van der Waals surface area contributed by atoms with Gasteiger partial charge in [0.05, 0.1) is 5.41 Å². The molecule has 1 N–H and O–H groups in total. The van der Waals surface area contributed by atoms with Crippen LogP contribution in [0.2, 0.25) is 0 Å². The number of aliphatic carboxylic acids is 1. The van der Waals surface area contributed by atoms with E-state index in [1.165, 1.54) is 19.3 Å². The van der Waals surface area contributed by atoms with E-state index in [9.17, 15) is 9.90 Å². The molecule has 0 heterocycles. The number of carboxylic acids is 1. The lowest BCUT2D eigenvalue weighted by Crippen LogP contribution is -2.59. The van der Waals surface area contributed by atoms with Gasteiger partial charge in [-0.1, -0.05) is 22.9 Å². The quantitative estimate of drug-likeness (QED) is 0.790. The third kappa shape index (κ3) is 1.33. The molecule has 0 saturated heterocycles. The van der Waals surface area contributed by atoms with E-state index in [0.717, 1.165) is 24.6 Å². The van der Waals surface area contributed by atoms with Crippen molar-refractivity contribution < 1.29 is 9.90 Å². The molecule has 0 aliphatic heterocycles. The average Bonchev–Trinajstić information content (AvgIpc) is 2.13. The van der Waals surface area contributed by atoms with Gasteiger partial charge in [-0.15, -0.1) is 0 Å². The van der Waals surface area contributed by atoms with Crippen LogP contribution < -0.4 is 0 Å². The van der Waals surface area contributed by atoms with Crippen LogP contribution in [-0.4, -0.2) is 16.4 Å². The first-order valence-corrected chi connectivity index (χ1v) is 7.33. The van der Waals surface area contributed by atoms with E-state index in [0.29, 0.717) is 11.3 Å². The van der Waals surface area contributed by atoms with Crippen molar-refractivity contribution in [3.8, 4) is 0 Å². The molecule has 4 rings (SSSR count). The zero-order valence-electron chi connectivity index (χ0n) is 9.76. The van der Waals surface area contributed by atoms with Crippen molar-refractivity contribution in [2.45, 2.75) is 45.4 Å². The molecule has 0 aromatic heterocycles. The highest BCUT2D eigenvalue weighted by molar-refractivity contribution is 9.09. The summed E-state index contributed by atoms with van der Waals surface area (Å²) in [6.07, 6.45) is 6.51. The van der Waals surface area contributed by atoms with E-state index in [1.54, 1.807) is 0 Å². The molecule has 4 saturated carbocycles. The van der Waals surface area contributed by atoms with Crippen molar-refractivity contribution in [3.05, 3.63) is 0 Å². The number of rotatable bonds is 2. The molecule has 0 spiro atoms. The number of carboxylic acid groups (broad SMARTS) is 1. The van der Waals surface area contributed by atoms with Crippen molar-refractivity contribution in [2.75, 3.05) is 5.33 Å². The van der Waals surface area contributed by atoms with Crippen molar-refractivity contribution >= 4 is 21.9 Å². The van der Waals surface area contributed by atoms with E-state index in [-0.39, 0.29) is 10.8 Å². The standard InChI is InChI=1S/C13H19BrO2/c1-11-2-9-3-12(5-11,8-14)7-13(4-9,6-11)10(15)16/h9H,2-8H2,1H3,(H,15,16)/t9-,11+,12+,13-/m1/s1. The fraction of sp³-hybridized carbons (Fsp3) is 0.923. The molecule has 4 bridgehead atoms. The number of halogens is 1. The summed E-state index contributed by atoms with van der Waals surface area (Å²) in [4.78, 5) is 11.6. The molecule has 90 valence electrons. The third-order valence-corrected chi connectivity index (χ3v) is 6.39. The highest BCUT2D eigenvalue weighted by Gasteiger charge is 2.64. The Labute approximate surface area is 105 Å². The summed E-state index contributed by atoms with van der Waals surface area (Å²) in [5, 5.41) is 10.6. The fourth-order valence-electron chi connectivity index (χ4n) is 5.53. The Kier molecular flexibility index (Phi) is 2.10. The number of hydrogen-bond acceptors (Lipinski definition) is 1. The summed E-state index contributed by atoms with van der Waals surface area (Å²) in [5.41, 5.74) is 0.195. The van der Waals surface area contributed by atoms with Gasteiger partial charge >= 0.3 is 5.97 Å². The topological polar surface area (TPSA) is 37.3 Å². The predicted octanol–water partition coefficient (Wildman–Crippen LogP) is 3.44.